The molecule has 1 aliphatic rings. The fraction of sp³-hybridized carbons (Fsp3) is 0.375. The standard InChI is InChI=1S/C16H17NO4S/c1-20-12-4-2-11(3-5-12)16(6-8-21-9-7-16)15-17-13(10-22-15)14(18)19/h2-5,10H,6-9H2,1H3,(H,18,19). The summed E-state index contributed by atoms with van der Waals surface area (Å²) in [4.78, 5) is 15.5. The predicted octanol–water partition coefficient (Wildman–Crippen LogP) is 2.95. The van der Waals surface area contributed by atoms with E-state index in [2.05, 4.69) is 4.98 Å². The van der Waals surface area contributed by atoms with Crippen molar-refractivity contribution in [3.63, 3.8) is 0 Å². The number of methoxy groups -OCH3 is 1. The SMILES string of the molecule is COc1ccc(C2(c3nc(C(=O)O)cs3)CCOCC2)cc1. The quantitative estimate of drug-likeness (QED) is 0.938. The normalized spacial score (nSPS) is 17.1. The van der Waals surface area contributed by atoms with Crippen LogP contribution in [0.2, 0.25) is 0 Å². The van der Waals surface area contributed by atoms with E-state index < -0.39 is 5.97 Å². The molecule has 2 aromatic rings. The van der Waals surface area contributed by atoms with Gasteiger partial charge in [0.05, 0.1) is 12.5 Å². The maximum absolute atomic E-state index is 11.1. The highest BCUT2D eigenvalue weighted by molar-refractivity contribution is 7.10. The minimum atomic E-state index is -0.987. The smallest absolute Gasteiger partial charge is 0.355 e. The minimum absolute atomic E-state index is 0.111. The highest BCUT2D eigenvalue weighted by Gasteiger charge is 2.39. The second-order valence-electron chi connectivity index (χ2n) is 5.27. The van der Waals surface area contributed by atoms with E-state index in [9.17, 15) is 4.79 Å². The first-order chi connectivity index (χ1) is 10.7. The first-order valence-corrected chi connectivity index (χ1v) is 7.95. The fourth-order valence-corrected chi connectivity index (χ4v) is 3.92. The summed E-state index contributed by atoms with van der Waals surface area (Å²) in [7, 11) is 1.64. The molecule has 1 aromatic heterocycles. The van der Waals surface area contributed by atoms with Crippen molar-refractivity contribution in [3.05, 3.63) is 45.9 Å². The fourth-order valence-electron chi connectivity index (χ4n) is 2.85. The zero-order chi connectivity index (χ0) is 15.6. The highest BCUT2D eigenvalue weighted by atomic mass is 32.1. The molecule has 0 saturated carbocycles. The largest absolute Gasteiger partial charge is 0.497 e. The maximum Gasteiger partial charge on any atom is 0.355 e. The molecule has 0 radical (unpaired) electrons. The lowest BCUT2D eigenvalue weighted by Crippen LogP contribution is -2.35. The van der Waals surface area contributed by atoms with Crippen molar-refractivity contribution < 1.29 is 19.4 Å². The van der Waals surface area contributed by atoms with Gasteiger partial charge in [-0.15, -0.1) is 11.3 Å². The van der Waals surface area contributed by atoms with Crippen LogP contribution in [-0.4, -0.2) is 36.4 Å². The Morgan fingerprint density at radius 2 is 2.00 bits per heavy atom. The first kappa shape index (κ1) is 15.0. The number of hydrogen-bond donors (Lipinski definition) is 1. The number of aromatic carboxylic acids is 1. The highest BCUT2D eigenvalue weighted by Crippen LogP contribution is 2.42. The molecular weight excluding hydrogens is 302 g/mol. The van der Waals surface area contributed by atoms with Crippen LogP contribution in [0.25, 0.3) is 0 Å². The van der Waals surface area contributed by atoms with Gasteiger partial charge in [0.25, 0.3) is 0 Å². The Hall–Kier alpha value is -1.92. The van der Waals surface area contributed by atoms with Crippen LogP contribution in [0.15, 0.2) is 29.6 Å². The Kier molecular flexibility index (Phi) is 4.13. The number of carboxylic acid groups (broad SMARTS) is 1. The van der Waals surface area contributed by atoms with Gasteiger partial charge in [0, 0.05) is 18.6 Å². The van der Waals surface area contributed by atoms with E-state index in [0.29, 0.717) is 13.2 Å². The lowest BCUT2D eigenvalue weighted by molar-refractivity contribution is 0.0626. The van der Waals surface area contributed by atoms with Gasteiger partial charge in [0.2, 0.25) is 0 Å². The van der Waals surface area contributed by atoms with E-state index in [0.717, 1.165) is 29.2 Å². The maximum atomic E-state index is 11.1. The van der Waals surface area contributed by atoms with Crippen molar-refractivity contribution in [1.82, 2.24) is 4.98 Å². The molecule has 0 bridgehead atoms. The first-order valence-electron chi connectivity index (χ1n) is 7.07. The Balaban J connectivity index is 2.04. The third kappa shape index (κ3) is 2.60. The summed E-state index contributed by atoms with van der Waals surface area (Å²) < 4.78 is 10.7. The molecule has 6 heteroatoms. The molecule has 0 atom stereocenters. The van der Waals surface area contributed by atoms with Gasteiger partial charge in [-0.05, 0) is 30.5 Å². The van der Waals surface area contributed by atoms with Gasteiger partial charge >= 0.3 is 5.97 Å². The van der Waals surface area contributed by atoms with Crippen LogP contribution in [0.5, 0.6) is 5.75 Å². The van der Waals surface area contributed by atoms with Gasteiger partial charge in [-0.2, -0.15) is 0 Å². The summed E-state index contributed by atoms with van der Waals surface area (Å²) in [6.45, 7) is 1.29. The van der Waals surface area contributed by atoms with E-state index in [1.807, 2.05) is 24.3 Å². The van der Waals surface area contributed by atoms with Crippen LogP contribution < -0.4 is 4.74 Å². The van der Waals surface area contributed by atoms with Gasteiger partial charge in [0.15, 0.2) is 5.69 Å². The number of rotatable bonds is 4. The Labute approximate surface area is 132 Å². The lowest BCUT2D eigenvalue weighted by Gasteiger charge is -2.36. The molecule has 3 rings (SSSR count). The Morgan fingerprint density at radius 3 is 2.55 bits per heavy atom. The zero-order valence-corrected chi connectivity index (χ0v) is 13.1. The number of thiazole rings is 1. The molecule has 0 amide bonds. The van der Waals surface area contributed by atoms with Crippen LogP contribution in [0, 0.1) is 0 Å². The van der Waals surface area contributed by atoms with Crippen LogP contribution in [0.4, 0.5) is 0 Å². The monoisotopic (exact) mass is 319 g/mol. The van der Waals surface area contributed by atoms with Crippen LogP contribution >= 0.6 is 11.3 Å². The number of benzene rings is 1. The third-order valence-corrected chi connectivity index (χ3v) is 5.17. The van der Waals surface area contributed by atoms with Crippen LogP contribution in [-0.2, 0) is 10.2 Å². The van der Waals surface area contributed by atoms with Crippen molar-refractivity contribution in [1.29, 1.82) is 0 Å². The van der Waals surface area contributed by atoms with Crippen LogP contribution in [0.1, 0.15) is 33.9 Å². The van der Waals surface area contributed by atoms with Gasteiger partial charge in [-0.1, -0.05) is 12.1 Å². The lowest BCUT2D eigenvalue weighted by atomic mass is 9.74. The molecule has 1 aromatic carbocycles. The summed E-state index contributed by atoms with van der Waals surface area (Å²) >= 11 is 1.41. The summed E-state index contributed by atoms with van der Waals surface area (Å²) in [5, 5.41) is 11.6. The number of ether oxygens (including phenoxy) is 2. The molecule has 0 unspecified atom stereocenters. The molecule has 1 fully saturated rings. The molecule has 116 valence electrons. The van der Waals surface area contributed by atoms with E-state index in [4.69, 9.17) is 14.6 Å². The zero-order valence-electron chi connectivity index (χ0n) is 12.2. The molecule has 0 spiro atoms. The van der Waals surface area contributed by atoms with Crippen molar-refractivity contribution in [2.45, 2.75) is 18.3 Å². The van der Waals surface area contributed by atoms with Gasteiger partial charge < -0.3 is 14.6 Å². The van der Waals surface area contributed by atoms with Crippen molar-refractivity contribution in [2.75, 3.05) is 20.3 Å². The Bertz CT molecular complexity index is 659. The molecule has 22 heavy (non-hydrogen) atoms. The topological polar surface area (TPSA) is 68.7 Å². The summed E-state index contributed by atoms with van der Waals surface area (Å²) in [6.07, 6.45) is 1.60. The van der Waals surface area contributed by atoms with Crippen molar-refractivity contribution in [3.8, 4) is 5.75 Å². The number of carboxylic acids is 1. The molecule has 1 aliphatic heterocycles. The summed E-state index contributed by atoms with van der Waals surface area (Å²) in [5.41, 5.74) is 0.963. The Morgan fingerprint density at radius 1 is 1.32 bits per heavy atom. The van der Waals surface area contributed by atoms with Crippen LogP contribution in [0.3, 0.4) is 0 Å². The van der Waals surface area contributed by atoms with E-state index in [1.165, 1.54) is 11.3 Å². The van der Waals surface area contributed by atoms with E-state index in [-0.39, 0.29) is 11.1 Å². The minimum Gasteiger partial charge on any atom is -0.497 e. The summed E-state index contributed by atoms with van der Waals surface area (Å²) in [6, 6.07) is 7.93. The van der Waals surface area contributed by atoms with Crippen molar-refractivity contribution in [2.24, 2.45) is 0 Å². The van der Waals surface area contributed by atoms with Gasteiger partial charge in [-0.3, -0.25) is 0 Å². The van der Waals surface area contributed by atoms with E-state index in [1.54, 1.807) is 12.5 Å². The summed E-state index contributed by atoms with van der Waals surface area (Å²) in [5.74, 6) is -0.184. The molecule has 1 N–H and O–H groups in total. The number of nitrogens with zero attached hydrogens (tertiary/aromatic N) is 1. The number of hydrogen-bond acceptors (Lipinski definition) is 5. The average molecular weight is 319 g/mol. The second-order valence-corrected chi connectivity index (χ2v) is 6.12. The number of carbonyl (C=O) groups is 1. The number of aromatic nitrogens is 1. The molecule has 0 aliphatic carbocycles. The van der Waals surface area contributed by atoms with Gasteiger partial charge in [0.1, 0.15) is 10.8 Å². The molecular formula is C16H17NO4S. The molecule has 1 saturated heterocycles. The third-order valence-electron chi connectivity index (χ3n) is 4.12. The second kappa shape index (κ2) is 6.06. The van der Waals surface area contributed by atoms with Crippen molar-refractivity contribution >= 4 is 17.3 Å². The average Bonchev–Trinajstić information content (AvgIpc) is 3.06. The predicted molar refractivity (Wildman–Crippen MR) is 82.9 cm³/mol. The van der Waals surface area contributed by atoms with E-state index >= 15 is 0 Å². The van der Waals surface area contributed by atoms with Gasteiger partial charge in [-0.25, -0.2) is 9.78 Å². The molecule has 2 heterocycles. The molecule has 5 nitrogen and oxygen atoms in total.